The summed E-state index contributed by atoms with van der Waals surface area (Å²) >= 11 is 0. The zero-order chi connectivity index (χ0) is 15.5. The van der Waals surface area contributed by atoms with E-state index in [1.165, 1.54) is 18.2 Å². The maximum absolute atomic E-state index is 12.2. The Hall–Kier alpha value is -1.95. The van der Waals surface area contributed by atoms with Crippen LogP contribution in [0, 0.1) is 22.5 Å². The van der Waals surface area contributed by atoms with E-state index in [-0.39, 0.29) is 17.0 Å². The molecule has 0 aliphatic carbocycles. The van der Waals surface area contributed by atoms with E-state index in [0.717, 1.165) is 25.9 Å². The average Bonchev–Trinajstić information content (AvgIpc) is 2.45. The molecule has 0 spiro atoms. The van der Waals surface area contributed by atoms with E-state index in [4.69, 9.17) is 0 Å². The van der Waals surface area contributed by atoms with E-state index in [1.54, 1.807) is 6.92 Å². The summed E-state index contributed by atoms with van der Waals surface area (Å²) in [6.45, 7) is 6.47. The number of nitro groups is 1. The number of nitro benzene ring substituents is 1. The third-order valence-electron chi connectivity index (χ3n) is 4.15. The van der Waals surface area contributed by atoms with E-state index in [9.17, 15) is 14.9 Å². The first-order valence-corrected chi connectivity index (χ1v) is 7.15. The van der Waals surface area contributed by atoms with Crippen molar-refractivity contribution < 1.29 is 9.72 Å². The molecule has 1 heterocycles. The number of hydrogen-bond donors (Lipinski definition) is 2. The van der Waals surface area contributed by atoms with Crippen molar-refractivity contribution in [2.45, 2.75) is 26.7 Å². The molecule has 1 aliphatic heterocycles. The number of rotatable bonds is 4. The predicted octanol–water partition coefficient (Wildman–Crippen LogP) is 2.02. The van der Waals surface area contributed by atoms with Crippen LogP contribution in [0.3, 0.4) is 0 Å². The van der Waals surface area contributed by atoms with Crippen molar-refractivity contribution in [3.05, 3.63) is 39.4 Å². The van der Waals surface area contributed by atoms with Crippen LogP contribution in [0.25, 0.3) is 0 Å². The lowest BCUT2D eigenvalue weighted by Gasteiger charge is -2.34. The number of benzene rings is 1. The first-order valence-electron chi connectivity index (χ1n) is 7.15. The van der Waals surface area contributed by atoms with Gasteiger partial charge in [-0.15, -0.1) is 0 Å². The van der Waals surface area contributed by atoms with Crippen molar-refractivity contribution >= 4 is 11.6 Å². The smallest absolute Gasteiger partial charge is 0.269 e. The second kappa shape index (κ2) is 6.22. The summed E-state index contributed by atoms with van der Waals surface area (Å²) in [7, 11) is 0. The normalized spacial score (nSPS) is 17.2. The lowest BCUT2D eigenvalue weighted by Crippen LogP contribution is -2.43. The number of non-ortho nitro benzene ring substituents is 1. The molecule has 0 bridgehead atoms. The van der Waals surface area contributed by atoms with E-state index in [0.29, 0.717) is 17.7 Å². The lowest BCUT2D eigenvalue weighted by molar-refractivity contribution is -0.384. The van der Waals surface area contributed by atoms with Crippen molar-refractivity contribution in [2.24, 2.45) is 5.41 Å². The van der Waals surface area contributed by atoms with Crippen molar-refractivity contribution in [1.82, 2.24) is 10.6 Å². The van der Waals surface area contributed by atoms with Crippen LogP contribution in [-0.4, -0.2) is 30.5 Å². The van der Waals surface area contributed by atoms with Gasteiger partial charge in [0, 0.05) is 24.2 Å². The van der Waals surface area contributed by atoms with Crippen molar-refractivity contribution in [1.29, 1.82) is 0 Å². The first kappa shape index (κ1) is 15.4. The van der Waals surface area contributed by atoms with Gasteiger partial charge < -0.3 is 10.6 Å². The second-order valence-corrected chi connectivity index (χ2v) is 6.00. The summed E-state index contributed by atoms with van der Waals surface area (Å²) < 4.78 is 0. The molecule has 1 aromatic carbocycles. The highest BCUT2D eigenvalue weighted by atomic mass is 16.6. The Labute approximate surface area is 124 Å². The van der Waals surface area contributed by atoms with Crippen LogP contribution in [0.2, 0.25) is 0 Å². The van der Waals surface area contributed by atoms with Gasteiger partial charge in [-0.05, 0) is 49.9 Å². The Morgan fingerprint density at radius 2 is 2.10 bits per heavy atom. The standard InChI is InChI=1S/C15H21N3O3/c1-11-9-12(18(20)21)3-4-13(11)14(19)17-10-15(2)5-7-16-8-6-15/h3-4,9,16H,5-8,10H2,1-2H3,(H,17,19). The molecule has 2 N–H and O–H groups in total. The number of aryl methyl sites for hydroxylation is 1. The summed E-state index contributed by atoms with van der Waals surface area (Å²) in [5.41, 5.74) is 1.25. The largest absolute Gasteiger partial charge is 0.351 e. The Bertz CT molecular complexity index is 551. The van der Waals surface area contributed by atoms with Gasteiger partial charge in [0.25, 0.3) is 11.6 Å². The Kier molecular flexibility index (Phi) is 4.57. The third kappa shape index (κ3) is 3.78. The summed E-state index contributed by atoms with van der Waals surface area (Å²) in [6.07, 6.45) is 2.07. The van der Waals surface area contributed by atoms with Gasteiger partial charge in [0.2, 0.25) is 0 Å². The van der Waals surface area contributed by atoms with Crippen LogP contribution in [0.5, 0.6) is 0 Å². The first-order chi connectivity index (χ1) is 9.91. The Morgan fingerprint density at radius 3 is 2.67 bits per heavy atom. The molecule has 1 aromatic rings. The highest BCUT2D eigenvalue weighted by Crippen LogP contribution is 2.27. The summed E-state index contributed by atoms with van der Waals surface area (Å²) in [6, 6.07) is 4.32. The van der Waals surface area contributed by atoms with Gasteiger partial charge in [0.15, 0.2) is 0 Å². The molecule has 1 amide bonds. The van der Waals surface area contributed by atoms with Crippen LogP contribution in [0.15, 0.2) is 18.2 Å². The topological polar surface area (TPSA) is 84.3 Å². The monoisotopic (exact) mass is 291 g/mol. The number of hydrogen-bond acceptors (Lipinski definition) is 4. The molecule has 0 saturated carbocycles. The average molecular weight is 291 g/mol. The number of nitrogens with zero attached hydrogens (tertiary/aromatic N) is 1. The third-order valence-corrected chi connectivity index (χ3v) is 4.15. The molecule has 1 aliphatic rings. The van der Waals surface area contributed by atoms with Crippen LogP contribution >= 0.6 is 0 Å². The number of carbonyl (C=O) groups excluding carboxylic acids is 1. The number of piperidine rings is 1. The highest BCUT2D eigenvalue weighted by molar-refractivity contribution is 5.95. The molecule has 0 atom stereocenters. The van der Waals surface area contributed by atoms with E-state index >= 15 is 0 Å². The summed E-state index contributed by atoms with van der Waals surface area (Å²) in [5.74, 6) is -0.165. The van der Waals surface area contributed by atoms with Crippen LogP contribution < -0.4 is 10.6 Å². The van der Waals surface area contributed by atoms with Crippen molar-refractivity contribution in [3.8, 4) is 0 Å². The van der Waals surface area contributed by atoms with Crippen LogP contribution in [0.1, 0.15) is 35.7 Å². The molecule has 114 valence electrons. The summed E-state index contributed by atoms with van der Waals surface area (Å²) in [4.78, 5) is 22.5. The maximum Gasteiger partial charge on any atom is 0.269 e. The molecule has 1 saturated heterocycles. The lowest BCUT2D eigenvalue weighted by atomic mass is 9.81. The fourth-order valence-electron chi connectivity index (χ4n) is 2.61. The minimum absolute atomic E-state index is 0.00867. The Morgan fingerprint density at radius 1 is 1.43 bits per heavy atom. The van der Waals surface area contributed by atoms with Crippen LogP contribution in [0.4, 0.5) is 5.69 Å². The molecule has 6 nitrogen and oxygen atoms in total. The molecule has 0 unspecified atom stereocenters. The van der Waals surface area contributed by atoms with Gasteiger partial charge in [0.1, 0.15) is 0 Å². The van der Waals surface area contributed by atoms with E-state index in [2.05, 4.69) is 17.6 Å². The zero-order valence-corrected chi connectivity index (χ0v) is 12.4. The molecular formula is C15H21N3O3. The van der Waals surface area contributed by atoms with Gasteiger partial charge in [-0.25, -0.2) is 0 Å². The maximum atomic E-state index is 12.2. The minimum atomic E-state index is -0.454. The molecule has 6 heteroatoms. The fraction of sp³-hybridized carbons (Fsp3) is 0.533. The molecule has 1 fully saturated rings. The van der Waals surface area contributed by atoms with Crippen molar-refractivity contribution in [2.75, 3.05) is 19.6 Å². The van der Waals surface area contributed by atoms with Gasteiger partial charge >= 0.3 is 0 Å². The van der Waals surface area contributed by atoms with Crippen molar-refractivity contribution in [3.63, 3.8) is 0 Å². The molecular weight excluding hydrogens is 270 g/mol. The van der Waals surface area contributed by atoms with Gasteiger partial charge in [-0.3, -0.25) is 14.9 Å². The fourth-order valence-corrected chi connectivity index (χ4v) is 2.61. The molecule has 2 rings (SSSR count). The summed E-state index contributed by atoms with van der Waals surface area (Å²) in [5, 5.41) is 17.0. The van der Waals surface area contributed by atoms with E-state index < -0.39 is 4.92 Å². The minimum Gasteiger partial charge on any atom is -0.351 e. The second-order valence-electron chi connectivity index (χ2n) is 6.00. The van der Waals surface area contributed by atoms with Gasteiger partial charge in [0.05, 0.1) is 4.92 Å². The highest BCUT2D eigenvalue weighted by Gasteiger charge is 2.27. The molecule has 0 aromatic heterocycles. The zero-order valence-electron chi connectivity index (χ0n) is 12.4. The number of amides is 1. The SMILES string of the molecule is Cc1cc([N+](=O)[O-])ccc1C(=O)NCC1(C)CCNCC1. The van der Waals surface area contributed by atoms with Gasteiger partial charge in [-0.1, -0.05) is 6.92 Å². The molecule has 21 heavy (non-hydrogen) atoms. The number of carbonyl (C=O) groups is 1. The quantitative estimate of drug-likeness (QED) is 0.656. The Balaban J connectivity index is 2.01. The van der Waals surface area contributed by atoms with Crippen LogP contribution in [-0.2, 0) is 0 Å². The predicted molar refractivity (Wildman–Crippen MR) is 80.4 cm³/mol. The number of nitrogens with one attached hydrogen (secondary N) is 2. The van der Waals surface area contributed by atoms with Gasteiger partial charge in [-0.2, -0.15) is 0 Å². The van der Waals surface area contributed by atoms with E-state index in [1.807, 2.05) is 0 Å². The molecule has 0 radical (unpaired) electrons.